The molecule has 94 valence electrons. The lowest BCUT2D eigenvalue weighted by Crippen LogP contribution is -2.45. The van der Waals surface area contributed by atoms with Crippen LogP contribution in [0.1, 0.15) is 24.8 Å². The van der Waals surface area contributed by atoms with E-state index in [2.05, 4.69) is 0 Å². The van der Waals surface area contributed by atoms with Gasteiger partial charge in [0, 0.05) is 13.0 Å². The Bertz CT molecular complexity index is 363. The highest BCUT2D eigenvalue weighted by Gasteiger charge is 2.43. The molecule has 0 aliphatic rings. The molecule has 1 aromatic rings. The molecule has 2 N–H and O–H groups in total. The van der Waals surface area contributed by atoms with Crippen LogP contribution in [0.3, 0.4) is 0 Å². The van der Waals surface area contributed by atoms with Gasteiger partial charge in [0.2, 0.25) is 0 Å². The van der Waals surface area contributed by atoms with E-state index in [1.807, 2.05) is 18.2 Å². The smallest absolute Gasteiger partial charge is 0.336 e. The van der Waals surface area contributed by atoms with Crippen molar-refractivity contribution in [1.29, 1.82) is 0 Å². The molecular formula is C13H18O4. The van der Waals surface area contributed by atoms with Crippen molar-refractivity contribution >= 4 is 5.97 Å². The van der Waals surface area contributed by atoms with Crippen LogP contribution in [0, 0.1) is 0 Å². The van der Waals surface area contributed by atoms with Crippen LogP contribution >= 0.6 is 0 Å². The Kier molecular flexibility index (Phi) is 4.66. The molecule has 0 aliphatic carbocycles. The number of rotatable bonds is 6. The van der Waals surface area contributed by atoms with Crippen LogP contribution in [-0.2, 0) is 9.53 Å². The minimum atomic E-state index is -1.79. The van der Waals surface area contributed by atoms with Gasteiger partial charge in [0.1, 0.15) is 0 Å². The largest absolute Gasteiger partial charge is 0.479 e. The molecule has 0 bridgehead atoms. The van der Waals surface area contributed by atoms with Gasteiger partial charge in [0.25, 0.3) is 0 Å². The summed E-state index contributed by atoms with van der Waals surface area (Å²) in [4.78, 5) is 11.2. The molecule has 0 spiro atoms. The summed E-state index contributed by atoms with van der Waals surface area (Å²) in [6.45, 7) is 1.82. The van der Waals surface area contributed by atoms with Gasteiger partial charge < -0.3 is 14.9 Å². The van der Waals surface area contributed by atoms with E-state index in [1.165, 1.54) is 7.11 Å². The first-order valence-corrected chi connectivity index (χ1v) is 5.56. The Morgan fingerprint density at radius 2 is 2.00 bits per heavy atom. The monoisotopic (exact) mass is 238 g/mol. The van der Waals surface area contributed by atoms with Crippen molar-refractivity contribution in [2.24, 2.45) is 0 Å². The van der Waals surface area contributed by atoms with E-state index in [4.69, 9.17) is 4.74 Å². The Morgan fingerprint density at radius 3 is 2.41 bits per heavy atom. The molecule has 1 aromatic carbocycles. The van der Waals surface area contributed by atoms with E-state index < -0.39 is 17.5 Å². The maximum Gasteiger partial charge on any atom is 0.336 e. The molecule has 0 aliphatic heterocycles. The third-order valence-corrected chi connectivity index (χ3v) is 3.02. The number of ether oxygens (including phenoxy) is 1. The molecule has 1 rings (SSSR count). The number of hydrogen-bond donors (Lipinski definition) is 2. The topological polar surface area (TPSA) is 66.8 Å². The zero-order chi connectivity index (χ0) is 12.9. The van der Waals surface area contributed by atoms with Gasteiger partial charge in [0.15, 0.2) is 5.60 Å². The Balaban J connectivity index is 3.12. The van der Waals surface area contributed by atoms with Crippen molar-refractivity contribution in [2.75, 3.05) is 13.7 Å². The molecule has 4 nitrogen and oxygen atoms in total. The summed E-state index contributed by atoms with van der Waals surface area (Å²) in [6.07, 6.45) is 0.130. The molecule has 0 saturated heterocycles. The van der Waals surface area contributed by atoms with Crippen LogP contribution in [0.15, 0.2) is 30.3 Å². The van der Waals surface area contributed by atoms with Crippen LogP contribution in [0.5, 0.6) is 0 Å². The molecule has 0 saturated carbocycles. The van der Waals surface area contributed by atoms with Crippen LogP contribution in [0.4, 0.5) is 0 Å². The van der Waals surface area contributed by atoms with Gasteiger partial charge in [0.05, 0.1) is 6.61 Å². The molecular weight excluding hydrogens is 220 g/mol. The number of aliphatic carboxylic acids is 1. The van der Waals surface area contributed by atoms with Crippen LogP contribution in [0.25, 0.3) is 0 Å². The number of aliphatic hydroxyl groups is 1. The highest BCUT2D eigenvalue weighted by atomic mass is 16.5. The Labute approximate surface area is 101 Å². The normalized spacial score (nSPS) is 16.2. The predicted molar refractivity (Wildman–Crippen MR) is 63.9 cm³/mol. The third kappa shape index (κ3) is 2.84. The van der Waals surface area contributed by atoms with E-state index in [-0.39, 0.29) is 13.0 Å². The molecule has 0 aromatic heterocycles. The Morgan fingerprint density at radius 1 is 1.41 bits per heavy atom. The van der Waals surface area contributed by atoms with Crippen molar-refractivity contribution in [3.63, 3.8) is 0 Å². The second-order valence-electron chi connectivity index (χ2n) is 4.00. The maximum absolute atomic E-state index is 11.2. The highest BCUT2D eigenvalue weighted by Crippen LogP contribution is 2.31. The van der Waals surface area contributed by atoms with Gasteiger partial charge in [-0.1, -0.05) is 37.3 Å². The van der Waals surface area contributed by atoms with Crippen molar-refractivity contribution in [1.82, 2.24) is 0 Å². The average Bonchev–Trinajstić information content (AvgIpc) is 2.36. The SMILES string of the molecule is CCC(O)(C(=O)O)C(COC)c1ccccc1. The highest BCUT2D eigenvalue weighted by molar-refractivity contribution is 5.78. The average molecular weight is 238 g/mol. The van der Waals surface area contributed by atoms with E-state index in [9.17, 15) is 15.0 Å². The fraction of sp³-hybridized carbons (Fsp3) is 0.462. The Hall–Kier alpha value is -1.39. The van der Waals surface area contributed by atoms with Gasteiger partial charge in [-0.3, -0.25) is 0 Å². The quantitative estimate of drug-likeness (QED) is 0.790. The zero-order valence-corrected chi connectivity index (χ0v) is 10.1. The van der Waals surface area contributed by atoms with E-state index in [0.717, 1.165) is 5.56 Å². The van der Waals surface area contributed by atoms with Gasteiger partial charge in [-0.05, 0) is 12.0 Å². The van der Waals surface area contributed by atoms with Crippen molar-refractivity contribution in [3.05, 3.63) is 35.9 Å². The second kappa shape index (κ2) is 5.80. The van der Waals surface area contributed by atoms with E-state index in [1.54, 1.807) is 19.1 Å². The van der Waals surface area contributed by atoms with Gasteiger partial charge in [-0.2, -0.15) is 0 Å². The van der Waals surface area contributed by atoms with Gasteiger partial charge in [-0.25, -0.2) is 4.79 Å². The van der Waals surface area contributed by atoms with Crippen LogP contribution in [-0.4, -0.2) is 35.5 Å². The van der Waals surface area contributed by atoms with Crippen molar-refractivity contribution in [2.45, 2.75) is 24.9 Å². The standard InChI is InChI=1S/C13H18O4/c1-3-13(16,12(14)15)11(9-17-2)10-7-5-4-6-8-10/h4-8,11,16H,3,9H2,1-2H3,(H,14,15). The summed E-state index contributed by atoms with van der Waals surface area (Å²) >= 11 is 0. The molecule has 0 heterocycles. The number of carboxylic acid groups (broad SMARTS) is 1. The van der Waals surface area contributed by atoms with Crippen molar-refractivity contribution in [3.8, 4) is 0 Å². The molecule has 0 amide bonds. The first kappa shape index (κ1) is 13.7. The first-order valence-electron chi connectivity index (χ1n) is 5.56. The number of carboxylic acids is 1. The van der Waals surface area contributed by atoms with Crippen LogP contribution < -0.4 is 0 Å². The number of methoxy groups -OCH3 is 1. The summed E-state index contributed by atoms with van der Waals surface area (Å²) in [5.41, 5.74) is -1.03. The fourth-order valence-electron chi connectivity index (χ4n) is 1.91. The van der Waals surface area contributed by atoms with Gasteiger partial charge in [-0.15, -0.1) is 0 Å². The minimum Gasteiger partial charge on any atom is -0.479 e. The molecule has 4 heteroatoms. The lowest BCUT2D eigenvalue weighted by molar-refractivity contribution is -0.163. The van der Waals surface area contributed by atoms with E-state index in [0.29, 0.717) is 0 Å². The fourth-order valence-corrected chi connectivity index (χ4v) is 1.91. The summed E-state index contributed by atoms with van der Waals surface area (Å²) < 4.78 is 5.03. The lowest BCUT2D eigenvalue weighted by Gasteiger charge is -2.31. The first-order chi connectivity index (χ1) is 8.06. The maximum atomic E-state index is 11.2. The predicted octanol–water partition coefficient (Wildman–Crippen LogP) is 1.64. The lowest BCUT2D eigenvalue weighted by atomic mass is 9.80. The molecule has 2 atom stereocenters. The molecule has 0 fully saturated rings. The summed E-state index contributed by atoms with van der Waals surface area (Å²) in [5.74, 6) is -1.79. The molecule has 0 radical (unpaired) electrons. The number of carbonyl (C=O) groups is 1. The van der Waals surface area contributed by atoms with E-state index >= 15 is 0 Å². The summed E-state index contributed by atoms with van der Waals surface area (Å²) in [5, 5.41) is 19.4. The van der Waals surface area contributed by atoms with Gasteiger partial charge >= 0.3 is 5.97 Å². The second-order valence-corrected chi connectivity index (χ2v) is 4.00. The van der Waals surface area contributed by atoms with Crippen LogP contribution in [0.2, 0.25) is 0 Å². The van der Waals surface area contributed by atoms with Crippen molar-refractivity contribution < 1.29 is 19.7 Å². The molecule has 17 heavy (non-hydrogen) atoms. The summed E-state index contributed by atoms with van der Waals surface area (Å²) in [6, 6.07) is 9.07. The third-order valence-electron chi connectivity index (χ3n) is 3.02. The number of benzene rings is 1. The number of hydrogen-bond acceptors (Lipinski definition) is 3. The minimum absolute atomic E-state index is 0.130. The summed E-state index contributed by atoms with van der Waals surface area (Å²) in [7, 11) is 1.49. The zero-order valence-electron chi connectivity index (χ0n) is 10.1. The molecule has 2 unspecified atom stereocenters.